The standard InChI is InChI=1S/C17H24F2N2O/c18-15-4-3-13(11-16(15)19)17(22)12-20-9-5-14(6-10-20)21-7-1-2-8-21/h3-4,11,14,17,22H,1-2,5-10,12H2. The molecule has 0 saturated carbocycles. The van der Waals surface area contributed by atoms with E-state index in [2.05, 4.69) is 9.80 Å². The number of hydrogen-bond acceptors (Lipinski definition) is 3. The summed E-state index contributed by atoms with van der Waals surface area (Å²) in [5.74, 6) is -1.77. The smallest absolute Gasteiger partial charge is 0.159 e. The van der Waals surface area contributed by atoms with Crippen LogP contribution in [0.15, 0.2) is 18.2 Å². The van der Waals surface area contributed by atoms with Gasteiger partial charge >= 0.3 is 0 Å². The third-order valence-corrected chi connectivity index (χ3v) is 4.97. The number of aliphatic hydroxyl groups is 1. The molecule has 2 aliphatic rings. The van der Waals surface area contributed by atoms with E-state index < -0.39 is 17.7 Å². The van der Waals surface area contributed by atoms with Crippen molar-refractivity contribution < 1.29 is 13.9 Å². The molecule has 2 heterocycles. The van der Waals surface area contributed by atoms with Crippen molar-refractivity contribution in [2.75, 3.05) is 32.7 Å². The number of piperidine rings is 1. The van der Waals surface area contributed by atoms with Crippen molar-refractivity contribution in [1.29, 1.82) is 0 Å². The van der Waals surface area contributed by atoms with Gasteiger partial charge in [-0.3, -0.25) is 0 Å². The molecule has 0 aromatic heterocycles. The Kier molecular flexibility index (Phi) is 5.06. The Morgan fingerprint density at radius 1 is 1.05 bits per heavy atom. The van der Waals surface area contributed by atoms with Gasteiger partial charge in [-0.15, -0.1) is 0 Å². The first-order chi connectivity index (χ1) is 10.6. The van der Waals surface area contributed by atoms with Crippen molar-refractivity contribution >= 4 is 0 Å². The molecular formula is C17H24F2N2O. The number of halogens is 2. The van der Waals surface area contributed by atoms with Crippen LogP contribution >= 0.6 is 0 Å². The van der Waals surface area contributed by atoms with Gasteiger partial charge in [0.05, 0.1) is 6.10 Å². The monoisotopic (exact) mass is 310 g/mol. The lowest BCUT2D eigenvalue weighted by molar-refractivity contribution is 0.0737. The molecular weight excluding hydrogens is 286 g/mol. The van der Waals surface area contributed by atoms with E-state index in [0.29, 0.717) is 18.2 Å². The van der Waals surface area contributed by atoms with Crippen LogP contribution in [0.5, 0.6) is 0 Å². The summed E-state index contributed by atoms with van der Waals surface area (Å²) in [5.41, 5.74) is 0.445. The molecule has 0 bridgehead atoms. The molecule has 0 radical (unpaired) electrons. The summed E-state index contributed by atoms with van der Waals surface area (Å²) >= 11 is 0. The molecule has 1 atom stereocenters. The number of likely N-dealkylation sites (tertiary alicyclic amines) is 2. The molecule has 0 amide bonds. The molecule has 2 aliphatic heterocycles. The summed E-state index contributed by atoms with van der Waals surface area (Å²) in [6.45, 7) is 4.85. The van der Waals surface area contributed by atoms with Gasteiger partial charge in [0, 0.05) is 12.6 Å². The highest BCUT2D eigenvalue weighted by Gasteiger charge is 2.27. The minimum Gasteiger partial charge on any atom is -0.387 e. The first-order valence-electron chi connectivity index (χ1n) is 8.23. The summed E-state index contributed by atoms with van der Waals surface area (Å²) in [7, 11) is 0. The maximum atomic E-state index is 13.2. The summed E-state index contributed by atoms with van der Waals surface area (Å²) in [5, 5.41) is 10.2. The second-order valence-corrected chi connectivity index (χ2v) is 6.46. The summed E-state index contributed by atoms with van der Waals surface area (Å²) in [6, 6.07) is 4.31. The Bertz CT molecular complexity index is 497. The van der Waals surface area contributed by atoms with Gasteiger partial charge in [-0.05, 0) is 69.6 Å². The topological polar surface area (TPSA) is 26.7 Å². The number of benzene rings is 1. The Balaban J connectivity index is 1.50. The second-order valence-electron chi connectivity index (χ2n) is 6.46. The largest absolute Gasteiger partial charge is 0.387 e. The Labute approximate surface area is 130 Å². The Morgan fingerprint density at radius 3 is 2.36 bits per heavy atom. The van der Waals surface area contributed by atoms with Crippen molar-refractivity contribution in [1.82, 2.24) is 9.80 Å². The van der Waals surface area contributed by atoms with E-state index in [1.165, 1.54) is 32.0 Å². The SMILES string of the molecule is OC(CN1CCC(N2CCCC2)CC1)c1ccc(F)c(F)c1. The van der Waals surface area contributed by atoms with Crippen LogP contribution in [0.2, 0.25) is 0 Å². The number of β-amino-alcohol motifs (C(OH)–C–C–N with tert-alkyl or cyclic N) is 1. The molecule has 2 saturated heterocycles. The van der Waals surface area contributed by atoms with Gasteiger partial charge < -0.3 is 14.9 Å². The van der Waals surface area contributed by atoms with Crippen molar-refractivity contribution in [3.05, 3.63) is 35.4 Å². The molecule has 3 nitrogen and oxygen atoms in total. The van der Waals surface area contributed by atoms with Crippen molar-refractivity contribution in [2.45, 2.75) is 37.8 Å². The molecule has 5 heteroatoms. The van der Waals surface area contributed by atoms with Gasteiger partial charge in [0.2, 0.25) is 0 Å². The summed E-state index contributed by atoms with van der Waals surface area (Å²) < 4.78 is 26.2. The molecule has 22 heavy (non-hydrogen) atoms. The van der Waals surface area contributed by atoms with Gasteiger partial charge in [0.15, 0.2) is 11.6 Å². The van der Waals surface area contributed by atoms with E-state index in [1.54, 1.807) is 0 Å². The fourth-order valence-corrected chi connectivity index (χ4v) is 3.64. The van der Waals surface area contributed by atoms with Crippen LogP contribution in [0.4, 0.5) is 8.78 Å². The van der Waals surface area contributed by atoms with E-state index in [1.807, 2.05) is 0 Å². The van der Waals surface area contributed by atoms with Gasteiger partial charge in [-0.2, -0.15) is 0 Å². The molecule has 1 unspecified atom stereocenters. The number of aliphatic hydroxyl groups excluding tert-OH is 1. The fourth-order valence-electron chi connectivity index (χ4n) is 3.64. The maximum absolute atomic E-state index is 13.2. The van der Waals surface area contributed by atoms with Crippen LogP contribution in [0.3, 0.4) is 0 Å². The van der Waals surface area contributed by atoms with Gasteiger partial charge in [-0.1, -0.05) is 6.07 Å². The average Bonchev–Trinajstić information content (AvgIpc) is 3.05. The number of rotatable bonds is 4. The Morgan fingerprint density at radius 2 is 1.73 bits per heavy atom. The minimum absolute atomic E-state index is 0.445. The quantitative estimate of drug-likeness (QED) is 0.926. The lowest BCUT2D eigenvalue weighted by Gasteiger charge is -2.37. The molecule has 1 N–H and O–H groups in total. The van der Waals surface area contributed by atoms with Crippen molar-refractivity contribution in [3.8, 4) is 0 Å². The van der Waals surface area contributed by atoms with Gasteiger partial charge in [0.25, 0.3) is 0 Å². The summed E-state index contributed by atoms with van der Waals surface area (Å²) in [6.07, 6.45) is 4.12. The van der Waals surface area contributed by atoms with E-state index in [9.17, 15) is 13.9 Å². The molecule has 1 aromatic carbocycles. The van der Waals surface area contributed by atoms with Crippen molar-refractivity contribution in [3.63, 3.8) is 0 Å². The highest BCUT2D eigenvalue weighted by molar-refractivity contribution is 5.20. The second kappa shape index (κ2) is 7.02. The Hall–Kier alpha value is -1.04. The lowest BCUT2D eigenvalue weighted by Crippen LogP contribution is -2.44. The van der Waals surface area contributed by atoms with E-state index in [0.717, 1.165) is 38.1 Å². The third kappa shape index (κ3) is 3.65. The van der Waals surface area contributed by atoms with Crippen LogP contribution in [-0.4, -0.2) is 53.7 Å². The van der Waals surface area contributed by atoms with Crippen molar-refractivity contribution in [2.24, 2.45) is 0 Å². The zero-order valence-electron chi connectivity index (χ0n) is 12.8. The van der Waals surface area contributed by atoms with E-state index in [4.69, 9.17) is 0 Å². The first kappa shape index (κ1) is 15.8. The van der Waals surface area contributed by atoms with Crippen LogP contribution in [0, 0.1) is 11.6 Å². The number of hydrogen-bond donors (Lipinski definition) is 1. The van der Waals surface area contributed by atoms with Crippen LogP contribution < -0.4 is 0 Å². The van der Waals surface area contributed by atoms with Crippen LogP contribution in [0.25, 0.3) is 0 Å². The number of nitrogens with zero attached hydrogens (tertiary/aromatic N) is 2. The van der Waals surface area contributed by atoms with E-state index in [-0.39, 0.29) is 0 Å². The molecule has 2 fully saturated rings. The predicted molar refractivity (Wildman–Crippen MR) is 81.6 cm³/mol. The van der Waals surface area contributed by atoms with Gasteiger partial charge in [0.1, 0.15) is 0 Å². The highest BCUT2D eigenvalue weighted by Crippen LogP contribution is 2.23. The average molecular weight is 310 g/mol. The lowest BCUT2D eigenvalue weighted by atomic mass is 10.0. The molecule has 0 spiro atoms. The predicted octanol–water partition coefficient (Wildman–Crippen LogP) is 2.56. The molecule has 3 rings (SSSR count). The molecule has 1 aromatic rings. The maximum Gasteiger partial charge on any atom is 0.159 e. The van der Waals surface area contributed by atoms with Gasteiger partial charge in [-0.25, -0.2) is 8.78 Å². The first-order valence-corrected chi connectivity index (χ1v) is 8.23. The molecule has 0 aliphatic carbocycles. The van der Waals surface area contributed by atoms with E-state index >= 15 is 0 Å². The molecule has 122 valence electrons. The zero-order chi connectivity index (χ0) is 15.5. The summed E-state index contributed by atoms with van der Waals surface area (Å²) in [4.78, 5) is 4.81. The minimum atomic E-state index is -0.899. The third-order valence-electron chi connectivity index (χ3n) is 4.97. The van der Waals surface area contributed by atoms with Crippen LogP contribution in [-0.2, 0) is 0 Å². The highest BCUT2D eigenvalue weighted by atomic mass is 19.2. The zero-order valence-corrected chi connectivity index (χ0v) is 12.8. The fraction of sp³-hybridized carbons (Fsp3) is 0.647. The van der Waals surface area contributed by atoms with Crippen LogP contribution in [0.1, 0.15) is 37.4 Å². The normalized spacial score (nSPS) is 23.0.